The molecule has 11 rings (SSSR count). The Hall–Kier alpha value is -7.47. The molecule has 9 aromatic carbocycles. The van der Waals surface area contributed by atoms with Crippen LogP contribution in [-0.2, 0) is 0 Å². The number of hydrogen-bond acceptors (Lipinski definition) is 5. The van der Waals surface area contributed by atoms with E-state index in [4.69, 9.17) is 9.41 Å². The topological polar surface area (TPSA) is 52.8 Å². The van der Waals surface area contributed by atoms with Gasteiger partial charge in [-0.15, -0.1) is 0 Å². The third kappa shape index (κ3) is 6.06. The summed E-state index contributed by atoms with van der Waals surface area (Å²) in [4.78, 5) is 7.82. The first-order valence-corrected chi connectivity index (χ1v) is 19.8. The Morgan fingerprint density at radius 3 is 1.84 bits per heavy atom. The van der Waals surface area contributed by atoms with Gasteiger partial charge < -0.3 is 14.6 Å². The quantitative estimate of drug-likeness (QED) is 0.171. The molecule has 5 nitrogen and oxygen atoms in total. The van der Waals surface area contributed by atoms with Crippen LogP contribution in [0.4, 0.5) is 17.1 Å². The van der Waals surface area contributed by atoms with Crippen molar-refractivity contribution < 1.29 is 4.42 Å². The van der Waals surface area contributed by atoms with Gasteiger partial charge in [-0.25, -0.2) is 4.99 Å². The fourth-order valence-electron chi connectivity index (χ4n) is 8.50. The summed E-state index contributed by atoms with van der Waals surface area (Å²) in [7, 11) is 0. The van der Waals surface area contributed by atoms with Crippen molar-refractivity contribution in [2.45, 2.75) is 12.3 Å². The monoisotopic (exact) mass is 746 g/mol. The Labute approximate surface area is 336 Å². The number of nitrogens with one attached hydrogen (secondary N) is 2. The van der Waals surface area contributed by atoms with E-state index < -0.39 is 6.17 Å². The van der Waals surface area contributed by atoms with Crippen LogP contribution in [0.5, 0.6) is 0 Å². The lowest BCUT2D eigenvalue weighted by molar-refractivity contribution is 0.410. The highest BCUT2D eigenvalue weighted by Gasteiger charge is 2.30. The molecule has 2 N–H and O–H groups in total. The lowest BCUT2D eigenvalue weighted by atomic mass is 9.97. The summed E-state index contributed by atoms with van der Waals surface area (Å²) in [6.07, 6.45) is -0.627. The zero-order chi connectivity index (χ0) is 38.4. The van der Waals surface area contributed by atoms with E-state index >= 15 is 0 Å². The van der Waals surface area contributed by atoms with Crippen molar-refractivity contribution >= 4 is 66.4 Å². The van der Waals surface area contributed by atoms with Crippen LogP contribution >= 0.6 is 0 Å². The van der Waals surface area contributed by atoms with Crippen molar-refractivity contribution in [3.05, 3.63) is 223 Å². The van der Waals surface area contributed by atoms with Crippen LogP contribution in [0.15, 0.2) is 216 Å². The molecule has 5 heteroatoms. The van der Waals surface area contributed by atoms with E-state index in [1.54, 1.807) is 0 Å². The van der Waals surface area contributed by atoms with Gasteiger partial charge in [0.05, 0.1) is 5.69 Å². The van der Waals surface area contributed by atoms with E-state index in [9.17, 15) is 0 Å². The Balaban J connectivity index is 1.17. The summed E-state index contributed by atoms with van der Waals surface area (Å²) in [6.45, 7) is 0. The molecule has 0 saturated heterocycles. The summed E-state index contributed by atoms with van der Waals surface area (Å²) >= 11 is 0. The van der Waals surface area contributed by atoms with Crippen molar-refractivity contribution in [1.29, 1.82) is 0 Å². The number of rotatable bonds is 7. The number of benzene rings is 9. The van der Waals surface area contributed by atoms with Gasteiger partial charge in [0.25, 0.3) is 0 Å². The molecule has 276 valence electrons. The van der Waals surface area contributed by atoms with Crippen molar-refractivity contribution in [1.82, 2.24) is 10.6 Å². The molecule has 1 aliphatic rings. The minimum atomic E-state index is -0.428. The molecule has 2 heterocycles. The van der Waals surface area contributed by atoms with Gasteiger partial charge in [-0.1, -0.05) is 164 Å². The summed E-state index contributed by atoms with van der Waals surface area (Å²) in [5.41, 5.74) is 10.2. The van der Waals surface area contributed by atoms with Crippen molar-refractivity contribution in [2.24, 2.45) is 4.99 Å². The van der Waals surface area contributed by atoms with Gasteiger partial charge in [0.1, 0.15) is 29.3 Å². The fraction of sp³-hybridized carbons (Fsp3) is 0.0377. The Morgan fingerprint density at radius 1 is 0.448 bits per heavy atom. The molecule has 0 radical (unpaired) electrons. The van der Waals surface area contributed by atoms with Crippen LogP contribution in [-0.4, -0.2) is 5.84 Å². The van der Waals surface area contributed by atoms with Crippen LogP contribution in [0.3, 0.4) is 0 Å². The maximum Gasteiger partial charge on any atom is 0.137 e. The number of amidine groups is 1. The minimum absolute atomic E-state index is 0.199. The fourth-order valence-corrected chi connectivity index (χ4v) is 8.50. The van der Waals surface area contributed by atoms with Crippen LogP contribution in [0.1, 0.15) is 29.0 Å². The average molecular weight is 747 g/mol. The molecule has 0 saturated carbocycles. The molecule has 0 amide bonds. The van der Waals surface area contributed by atoms with Crippen LogP contribution in [0.25, 0.3) is 54.6 Å². The molecule has 1 aliphatic heterocycles. The van der Waals surface area contributed by atoms with Gasteiger partial charge in [0, 0.05) is 39.3 Å². The van der Waals surface area contributed by atoms with Gasteiger partial charge in [-0.2, -0.15) is 0 Å². The number of nitrogens with zero attached hydrogens (tertiary/aromatic N) is 2. The molecule has 10 aromatic rings. The maximum absolute atomic E-state index is 6.91. The van der Waals surface area contributed by atoms with Crippen LogP contribution < -0.4 is 15.5 Å². The first-order chi connectivity index (χ1) is 28.7. The minimum Gasteiger partial charge on any atom is -0.456 e. The maximum atomic E-state index is 6.91. The zero-order valence-corrected chi connectivity index (χ0v) is 31.6. The molecular weight excluding hydrogens is 709 g/mol. The summed E-state index contributed by atoms with van der Waals surface area (Å²) < 4.78 is 6.91. The average Bonchev–Trinajstić information content (AvgIpc) is 3.69. The first-order valence-electron chi connectivity index (χ1n) is 19.8. The number of hydrogen-bond donors (Lipinski definition) is 2. The standard InChI is InChI=1S/C53H38N4O/c1-4-14-35(15-5-1)37-24-28-42(29-25-37)57(43-30-26-36-16-10-11-22-41(36)32-43)44-33-46(50-48(34-44)58-47-31-27-38-17-12-13-23-45(38)49(47)50)53-55-51(39-18-6-2-7-19-39)54-52(56-53)40-20-8-3-9-21-40/h1-34,51,53,55H,(H,54,56). The SMILES string of the molecule is c1ccc(C2=NC(c3cc(N(c4ccc(-c5ccccc5)cc4)c4ccc5ccccc5c4)cc4oc5ccc6ccccc6c5c34)NC(c3ccccc3)N2)cc1. The van der Waals surface area contributed by atoms with Gasteiger partial charge in [0.2, 0.25) is 0 Å². The smallest absolute Gasteiger partial charge is 0.137 e. The molecule has 0 spiro atoms. The molecule has 2 unspecified atom stereocenters. The predicted octanol–water partition coefficient (Wildman–Crippen LogP) is 13.4. The van der Waals surface area contributed by atoms with E-state index in [1.807, 2.05) is 6.07 Å². The van der Waals surface area contributed by atoms with Crippen molar-refractivity contribution in [3.63, 3.8) is 0 Å². The second-order valence-corrected chi connectivity index (χ2v) is 14.9. The number of furan rings is 1. The third-order valence-electron chi connectivity index (χ3n) is 11.3. The lowest BCUT2D eigenvalue weighted by Crippen LogP contribution is -2.45. The number of fused-ring (bicyclic) bond motifs is 6. The van der Waals surface area contributed by atoms with Crippen molar-refractivity contribution in [2.75, 3.05) is 4.90 Å². The highest BCUT2D eigenvalue weighted by Crippen LogP contribution is 2.45. The van der Waals surface area contributed by atoms with E-state index in [0.29, 0.717) is 0 Å². The second kappa shape index (κ2) is 14.2. The highest BCUT2D eigenvalue weighted by molar-refractivity contribution is 6.20. The van der Waals surface area contributed by atoms with Gasteiger partial charge >= 0.3 is 0 Å². The van der Waals surface area contributed by atoms with Gasteiger partial charge in [0.15, 0.2) is 0 Å². The van der Waals surface area contributed by atoms with Gasteiger partial charge in [-0.3, -0.25) is 5.32 Å². The lowest BCUT2D eigenvalue weighted by Gasteiger charge is -2.33. The largest absolute Gasteiger partial charge is 0.456 e. The van der Waals surface area contributed by atoms with Crippen molar-refractivity contribution in [3.8, 4) is 11.1 Å². The third-order valence-corrected chi connectivity index (χ3v) is 11.3. The Morgan fingerprint density at radius 2 is 1.07 bits per heavy atom. The molecule has 2 atom stereocenters. The van der Waals surface area contributed by atoms with Crippen LogP contribution in [0.2, 0.25) is 0 Å². The predicted molar refractivity (Wildman–Crippen MR) is 240 cm³/mol. The van der Waals surface area contributed by atoms with Crippen LogP contribution in [0, 0.1) is 0 Å². The van der Waals surface area contributed by atoms with E-state index in [-0.39, 0.29) is 6.17 Å². The molecule has 1 aromatic heterocycles. The Bertz CT molecular complexity index is 3120. The molecular formula is C53H38N4O. The molecule has 0 aliphatic carbocycles. The zero-order valence-electron chi connectivity index (χ0n) is 31.6. The molecule has 58 heavy (non-hydrogen) atoms. The summed E-state index contributed by atoms with van der Waals surface area (Å²) in [5.74, 6) is 0.831. The van der Waals surface area contributed by atoms with E-state index in [0.717, 1.165) is 77.9 Å². The molecule has 0 fully saturated rings. The number of anilines is 3. The van der Waals surface area contributed by atoms with Gasteiger partial charge in [-0.05, 0) is 74.6 Å². The summed E-state index contributed by atoms with van der Waals surface area (Å²) in [5, 5.41) is 14.5. The normalized spacial score (nSPS) is 15.4. The number of aliphatic imine (C=N–C) groups is 1. The highest BCUT2D eigenvalue weighted by atomic mass is 16.3. The second-order valence-electron chi connectivity index (χ2n) is 14.9. The van der Waals surface area contributed by atoms with E-state index in [1.165, 1.54) is 16.3 Å². The van der Waals surface area contributed by atoms with E-state index in [2.05, 4.69) is 216 Å². The molecule has 0 bridgehead atoms. The summed E-state index contributed by atoms with van der Waals surface area (Å²) in [6, 6.07) is 72.9. The Kier molecular flexibility index (Phi) is 8.30. The first kappa shape index (κ1) is 33.8.